The first-order valence-electron chi connectivity index (χ1n) is 7.41. The second-order valence-electron chi connectivity index (χ2n) is 5.42. The number of amides is 1. The minimum absolute atomic E-state index is 0.128. The molecule has 0 radical (unpaired) electrons. The fourth-order valence-electron chi connectivity index (χ4n) is 2.56. The zero-order valence-electron chi connectivity index (χ0n) is 12.6. The van der Waals surface area contributed by atoms with Crippen LogP contribution in [0.15, 0.2) is 47.9 Å². The number of hydrogen-bond acceptors (Lipinski definition) is 4. The van der Waals surface area contributed by atoms with Crippen LogP contribution in [0.25, 0.3) is 0 Å². The van der Waals surface area contributed by atoms with Gasteiger partial charge in [0.15, 0.2) is 0 Å². The maximum Gasteiger partial charge on any atom is 0.244 e. The molecule has 8 heteroatoms. The van der Waals surface area contributed by atoms with Crippen LogP contribution in [-0.2, 0) is 21.4 Å². The number of anilines is 1. The molecule has 0 bridgehead atoms. The van der Waals surface area contributed by atoms with E-state index >= 15 is 0 Å². The molecule has 1 amide bonds. The molecule has 1 aromatic carbocycles. The molecule has 2 heterocycles. The van der Waals surface area contributed by atoms with Crippen LogP contribution < -0.4 is 5.32 Å². The van der Waals surface area contributed by atoms with Crippen molar-refractivity contribution in [3.8, 4) is 0 Å². The van der Waals surface area contributed by atoms with Crippen molar-refractivity contribution >= 4 is 21.6 Å². The molecule has 0 saturated carbocycles. The number of carbonyl (C=O) groups excluding carboxylic acids is 1. The average molecular weight is 334 g/mol. The van der Waals surface area contributed by atoms with Crippen molar-refractivity contribution in [2.75, 3.05) is 18.4 Å². The summed E-state index contributed by atoms with van der Waals surface area (Å²) in [4.78, 5) is 16.1. The van der Waals surface area contributed by atoms with Gasteiger partial charge in [-0.25, -0.2) is 13.4 Å². The molecule has 122 valence electrons. The predicted octanol–water partition coefficient (Wildman–Crippen LogP) is 1.31. The first-order valence-corrected chi connectivity index (χ1v) is 8.85. The van der Waals surface area contributed by atoms with Gasteiger partial charge in [-0.05, 0) is 31.0 Å². The average Bonchev–Trinajstić information content (AvgIpc) is 3.20. The molecule has 7 nitrogen and oxygen atoms in total. The van der Waals surface area contributed by atoms with Crippen LogP contribution in [0.4, 0.5) is 5.69 Å². The van der Waals surface area contributed by atoms with Crippen LogP contribution in [0.2, 0.25) is 0 Å². The van der Waals surface area contributed by atoms with Gasteiger partial charge in [0.1, 0.15) is 6.54 Å². The molecule has 2 aromatic rings. The molecule has 1 fully saturated rings. The topological polar surface area (TPSA) is 84.3 Å². The second kappa shape index (κ2) is 6.51. The van der Waals surface area contributed by atoms with Gasteiger partial charge in [0, 0.05) is 31.2 Å². The number of nitrogens with one attached hydrogen (secondary N) is 1. The van der Waals surface area contributed by atoms with Gasteiger partial charge in [0.2, 0.25) is 15.9 Å². The Hall–Kier alpha value is -2.19. The Labute approximate surface area is 135 Å². The summed E-state index contributed by atoms with van der Waals surface area (Å²) < 4.78 is 28.2. The van der Waals surface area contributed by atoms with Gasteiger partial charge in [0.25, 0.3) is 0 Å². The summed E-state index contributed by atoms with van der Waals surface area (Å²) in [5.74, 6) is -0.237. The summed E-state index contributed by atoms with van der Waals surface area (Å²) in [5.41, 5.74) is 0.468. The molecule has 0 atom stereocenters. The van der Waals surface area contributed by atoms with Crippen molar-refractivity contribution in [1.29, 1.82) is 0 Å². The molecule has 3 rings (SSSR count). The van der Waals surface area contributed by atoms with Gasteiger partial charge < -0.3 is 9.88 Å². The van der Waals surface area contributed by atoms with Crippen molar-refractivity contribution in [3.05, 3.63) is 43.0 Å². The van der Waals surface area contributed by atoms with Gasteiger partial charge in [0.05, 0.1) is 11.2 Å². The quantitative estimate of drug-likeness (QED) is 0.893. The summed E-state index contributed by atoms with van der Waals surface area (Å²) >= 11 is 0. The SMILES string of the molecule is O=C(Cn1ccnc1)Nc1cccc(S(=O)(=O)N2CCCC2)c1. The highest BCUT2D eigenvalue weighted by Crippen LogP contribution is 2.23. The Morgan fingerprint density at radius 1 is 1.26 bits per heavy atom. The standard InChI is InChI=1S/C15H18N4O3S/c20-15(11-18-9-6-16-12-18)17-13-4-3-5-14(10-13)23(21,22)19-7-1-2-8-19/h3-6,9-10,12H,1-2,7-8,11H2,(H,17,20). The summed E-state index contributed by atoms with van der Waals surface area (Å²) in [6, 6.07) is 6.36. The Morgan fingerprint density at radius 2 is 2.04 bits per heavy atom. The molecule has 23 heavy (non-hydrogen) atoms. The molecule has 1 aliphatic rings. The lowest BCUT2D eigenvalue weighted by atomic mass is 10.3. The molecular formula is C15H18N4O3S. The van der Waals surface area contributed by atoms with E-state index in [0.717, 1.165) is 12.8 Å². The third-order valence-corrected chi connectivity index (χ3v) is 5.60. The van der Waals surface area contributed by atoms with Crippen molar-refractivity contribution in [1.82, 2.24) is 13.9 Å². The van der Waals surface area contributed by atoms with Crippen LogP contribution in [0, 0.1) is 0 Å². The largest absolute Gasteiger partial charge is 0.328 e. The number of nitrogens with zero attached hydrogens (tertiary/aromatic N) is 3. The molecule has 0 unspecified atom stereocenters. The van der Waals surface area contributed by atoms with Crippen LogP contribution in [0.1, 0.15) is 12.8 Å². The van der Waals surface area contributed by atoms with Crippen LogP contribution >= 0.6 is 0 Å². The number of sulfonamides is 1. The molecule has 0 aliphatic carbocycles. The van der Waals surface area contributed by atoms with E-state index in [-0.39, 0.29) is 17.3 Å². The van der Waals surface area contributed by atoms with E-state index in [1.165, 1.54) is 10.4 Å². The highest BCUT2D eigenvalue weighted by molar-refractivity contribution is 7.89. The second-order valence-corrected chi connectivity index (χ2v) is 7.36. The van der Waals surface area contributed by atoms with Gasteiger partial charge in [-0.1, -0.05) is 6.07 Å². The van der Waals surface area contributed by atoms with E-state index in [1.807, 2.05) is 0 Å². The predicted molar refractivity (Wildman–Crippen MR) is 85.3 cm³/mol. The molecule has 1 N–H and O–H groups in total. The minimum atomic E-state index is -3.48. The number of imidazole rings is 1. The van der Waals surface area contributed by atoms with E-state index in [4.69, 9.17) is 0 Å². The summed E-state index contributed by atoms with van der Waals surface area (Å²) in [5, 5.41) is 2.71. The zero-order chi connectivity index (χ0) is 16.3. The Balaban J connectivity index is 1.73. The fourth-order valence-corrected chi connectivity index (χ4v) is 4.12. The Kier molecular flexibility index (Phi) is 4.44. The van der Waals surface area contributed by atoms with Gasteiger partial charge in [-0.15, -0.1) is 0 Å². The molecule has 1 saturated heterocycles. The van der Waals surface area contributed by atoms with Gasteiger partial charge >= 0.3 is 0 Å². The smallest absolute Gasteiger partial charge is 0.244 e. The van der Waals surface area contributed by atoms with Crippen molar-refractivity contribution in [2.24, 2.45) is 0 Å². The van der Waals surface area contributed by atoms with E-state index < -0.39 is 10.0 Å². The van der Waals surface area contributed by atoms with Crippen molar-refractivity contribution in [2.45, 2.75) is 24.3 Å². The summed E-state index contributed by atoms with van der Waals surface area (Å²) in [7, 11) is -3.48. The molecule has 1 aromatic heterocycles. The van der Waals surface area contributed by atoms with Crippen molar-refractivity contribution < 1.29 is 13.2 Å². The van der Waals surface area contributed by atoms with E-state index in [0.29, 0.717) is 18.8 Å². The molecule has 0 spiro atoms. The number of carbonyl (C=O) groups is 1. The first-order chi connectivity index (χ1) is 11.1. The minimum Gasteiger partial charge on any atom is -0.328 e. The van der Waals surface area contributed by atoms with E-state index in [9.17, 15) is 13.2 Å². The monoisotopic (exact) mass is 334 g/mol. The van der Waals surface area contributed by atoms with Crippen LogP contribution in [0.5, 0.6) is 0 Å². The highest BCUT2D eigenvalue weighted by Gasteiger charge is 2.27. The first kappa shape index (κ1) is 15.7. The Bertz CT molecular complexity index is 781. The Morgan fingerprint density at radius 3 is 2.74 bits per heavy atom. The van der Waals surface area contributed by atoms with Gasteiger partial charge in [-0.3, -0.25) is 4.79 Å². The molecule has 1 aliphatic heterocycles. The number of benzene rings is 1. The third kappa shape index (κ3) is 3.59. The molecular weight excluding hydrogens is 316 g/mol. The lowest BCUT2D eigenvalue weighted by molar-refractivity contribution is -0.116. The normalized spacial score (nSPS) is 15.7. The maximum absolute atomic E-state index is 12.5. The van der Waals surface area contributed by atoms with Crippen LogP contribution in [0.3, 0.4) is 0 Å². The third-order valence-electron chi connectivity index (χ3n) is 3.71. The van der Waals surface area contributed by atoms with Crippen LogP contribution in [-0.4, -0.2) is 41.3 Å². The summed E-state index contributed by atoms with van der Waals surface area (Å²) in [6.45, 7) is 1.24. The van der Waals surface area contributed by atoms with E-state index in [1.54, 1.807) is 41.5 Å². The van der Waals surface area contributed by atoms with Crippen molar-refractivity contribution in [3.63, 3.8) is 0 Å². The number of aromatic nitrogens is 2. The van der Waals surface area contributed by atoms with E-state index in [2.05, 4.69) is 10.3 Å². The van der Waals surface area contributed by atoms with Gasteiger partial charge in [-0.2, -0.15) is 4.31 Å². The zero-order valence-corrected chi connectivity index (χ0v) is 13.4. The highest BCUT2D eigenvalue weighted by atomic mass is 32.2. The number of hydrogen-bond donors (Lipinski definition) is 1. The summed E-state index contributed by atoms with van der Waals surface area (Å²) in [6.07, 6.45) is 6.61. The fraction of sp³-hybridized carbons (Fsp3) is 0.333. The number of rotatable bonds is 5. The lowest BCUT2D eigenvalue weighted by Gasteiger charge is -2.16. The maximum atomic E-state index is 12.5. The lowest BCUT2D eigenvalue weighted by Crippen LogP contribution is -2.28.